The number of nitrogens with two attached hydrogens (primary N) is 1. The molecule has 0 radical (unpaired) electrons. The molecular formula is C13H21N3O3. The average molecular weight is 267 g/mol. The number of nitrogens with zero attached hydrogens (tertiary/aromatic N) is 2. The van der Waals surface area contributed by atoms with Crippen LogP contribution in [0.5, 0.6) is 5.75 Å². The molecule has 0 aromatic carbocycles. The molecule has 2 heterocycles. The van der Waals surface area contributed by atoms with Crippen molar-refractivity contribution in [2.75, 3.05) is 26.9 Å². The highest BCUT2D eigenvalue weighted by Gasteiger charge is 2.41. The first-order valence-electron chi connectivity index (χ1n) is 6.61. The van der Waals surface area contributed by atoms with Crippen molar-refractivity contribution >= 4 is 5.78 Å². The Balaban J connectivity index is 2.39. The van der Waals surface area contributed by atoms with Crippen LogP contribution in [0.1, 0.15) is 30.3 Å². The minimum absolute atomic E-state index is 0.0227. The summed E-state index contributed by atoms with van der Waals surface area (Å²) in [6.07, 6.45) is 2.89. The van der Waals surface area contributed by atoms with Crippen LogP contribution >= 0.6 is 0 Å². The van der Waals surface area contributed by atoms with Crippen LogP contribution in [0, 0.1) is 5.41 Å². The van der Waals surface area contributed by atoms with Gasteiger partial charge in [-0.25, -0.2) is 0 Å². The van der Waals surface area contributed by atoms with E-state index in [1.807, 2.05) is 6.92 Å². The maximum Gasteiger partial charge on any atom is 0.192 e. The molecule has 0 saturated carbocycles. The molecule has 0 atom stereocenters. The fraction of sp³-hybridized carbons (Fsp3) is 0.692. The summed E-state index contributed by atoms with van der Waals surface area (Å²) in [5, 5.41) is 4.19. The van der Waals surface area contributed by atoms with Gasteiger partial charge in [-0.15, -0.1) is 0 Å². The lowest BCUT2D eigenvalue weighted by molar-refractivity contribution is 0.0192. The molecule has 1 aliphatic rings. The van der Waals surface area contributed by atoms with E-state index in [0.29, 0.717) is 50.6 Å². The largest absolute Gasteiger partial charge is 0.493 e. The van der Waals surface area contributed by atoms with Crippen molar-refractivity contribution < 1.29 is 14.3 Å². The molecule has 1 aromatic rings. The van der Waals surface area contributed by atoms with E-state index in [4.69, 9.17) is 15.2 Å². The second-order valence-electron chi connectivity index (χ2n) is 4.80. The number of rotatable bonds is 5. The molecule has 19 heavy (non-hydrogen) atoms. The van der Waals surface area contributed by atoms with Crippen LogP contribution in [-0.4, -0.2) is 42.4 Å². The Bertz CT molecular complexity index is 428. The van der Waals surface area contributed by atoms with Crippen LogP contribution in [0.3, 0.4) is 0 Å². The first-order chi connectivity index (χ1) is 9.18. The lowest BCUT2D eigenvalue weighted by atomic mass is 9.75. The lowest BCUT2D eigenvalue weighted by Crippen LogP contribution is -2.44. The molecule has 1 aromatic heterocycles. The minimum atomic E-state index is -0.543. The first kappa shape index (κ1) is 14.0. The second kappa shape index (κ2) is 5.71. The van der Waals surface area contributed by atoms with E-state index in [9.17, 15) is 4.79 Å². The Morgan fingerprint density at radius 2 is 2.26 bits per heavy atom. The van der Waals surface area contributed by atoms with Crippen molar-refractivity contribution in [1.29, 1.82) is 0 Å². The van der Waals surface area contributed by atoms with Crippen molar-refractivity contribution in [2.45, 2.75) is 26.3 Å². The monoisotopic (exact) mass is 267 g/mol. The molecule has 2 rings (SSSR count). The van der Waals surface area contributed by atoms with Crippen LogP contribution in [-0.2, 0) is 11.3 Å². The maximum atomic E-state index is 12.9. The van der Waals surface area contributed by atoms with Crippen molar-refractivity contribution in [1.82, 2.24) is 9.78 Å². The third-order valence-corrected chi connectivity index (χ3v) is 3.86. The number of aryl methyl sites for hydroxylation is 1. The normalized spacial score (nSPS) is 18.3. The smallest absolute Gasteiger partial charge is 0.192 e. The van der Waals surface area contributed by atoms with E-state index in [2.05, 4.69) is 5.10 Å². The lowest BCUT2D eigenvalue weighted by Gasteiger charge is -2.34. The molecular weight excluding hydrogens is 246 g/mol. The number of carbonyl (C=O) groups excluding carboxylic acids is 1. The number of ether oxygens (including phenoxy) is 2. The van der Waals surface area contributed by atoms with E-state index in [1.54, 1.807) is 18.0 Å². The predicted octanol–water partition coefficient (Wildman–Crippen LogP) is 0.850. The van der Waals surface area contributed by atoms with Gasteiger partial charge in [-0.05, 0) is 19.8 Å². The summed E-state index contributed by atoms with van der Waals surface area (Å²) < 4.78 is 12.3. The van der Waals surface area contributed by atoms with Gasteiger partial charge < -0.3 is 15.2 Å². The highest BCUT2D eigenvalue weighted by atomic mass is 16.5. The first-order valence-corrected chi connectivity index (χ1v) is 6.61. The van der Waals surface area contributed by atoms with Gasteiger partial charge in [0.2, 0.25) is 0 Å². The summed E-state index contributed by atoms with van der Waals surface area (Å²) in [7, 11) is 1.55. The number of hydrogen-bond acceptors (Lipinski definition) is 5. The fourth-order valence-corrected chi connectivity index (χ4v) is 2.52. The highest BCUT2D eigenvalue weighted by Crippen LogP contribution is 2.35. The predicted molar refractivity (Wildman–Crippen MR) is 70.3 cm³/mol. The van der Waals surface area contributed by atoms with Crippen LogP contribution in [0.25, 0.3) is 0 Å². The van der Waals surface area contributed by atoms with Crippen LogP contribution < -0.4 is 10.5 Å². The fourth-order valence-electron chi connectivity index (χ4n) is 2.52. The van der Waals surface area contributed by atoms with Crippen molar-refractivity contribution in [3.05, 3.63) is 11.9 Å². The quantitative estimate of drug-likeness (QED) is 0.800. The van der Waals surface area contributed by atoms with Gasteiger partial charge in [-0.2, -0.15) is 5.10 Å². The van der Waals surface area contributed by atoms with Crippen LogP contribution in [0.2, 0.25) is 0 Å². The second-order valence-corrected chi connectivity index (χ2v) is 4.80. The maximum absolute atomic E-state index is 12.9. The standard InChI is InChI=1S/C13H21N3O3/c1-3-16-11(10(18-2)8-15-16)12(17)13(9-14)4-6-19-7-5-13/h8H,3-7,9,14H2,1-2H3. The molecule has 0 bridgehead atoms. The number of carbonyl (C=O) groups is 1. The van der Waals surface area contributed by atoms with Crippen LogP contribution in [0.4, 0.5) is 0 Å². The molecule has 1 fully saturated rings. The summed E-state index contributed by atoms with van der Waals surface area (Å²) in [6, 6.07) is 0. The Hall–Kier alpha value is -1.40. The molecule has 1 aliphatic heterocycles. The zero-order valence-corrected chi connectivity index (χ0v) is 11.5. The molecule has 0 spiro atoms. The van der Waals surface area contributed by atoms with Crippen LogP contribution in [0.15, 0.2) is 6.20 Å². The highest BCUT2D eigenvalue weighted by molar-refractivity contribution is 6.01. The van der Waals surface area contributed by atoms with Gasteiger partial charge in [0.1, 0.15) is 5.69 Å². The minimum Gasteiger partial charge on any atom is -0.493 e. The molecule has 2 N–H and O–H groups in total. The zero-order valence-electron chi connectivity index (χ0n) is 11.5. The molecule has 0 amide bonds. The van der Waals surface area contributed by atoms with E-state index in [1.165, 1.54) is 0 Å². The van der Waals surface area contributed by atoms with E-state index >= 15 is 0 Å². The van der Waals surface area contributed by atoms with Crippen molar-refractivity contribution in [3.63, 3.8) is 0 Å². The van der Waals surface area contributed by atoms with Gasteiger partial charge in [0, 0.05) is 26.3 Å². The Morgan fingerprint density at radius 3 is 2.79 bits per heavy atom. The summed E-state index contributed by atoms with van der Waals surface area (Å²) in [5.41, 5.74) is 5.86. The topological polar surface area (TPSA) is 79.4 Å². The van der Waals surface area contributed by atoms with E-state index in [0.717, 1.165) is 0 Å². The Kier molecular flexibility index (Phi) is 4.21. The average Bonchev–Trinajstić information content (AvgIpc) is 2.89. The number of aromatic nitrogens is 2. The van der Waals surface area contributed by atoms with Gasteiger partial charge in [0.05, 0.1) is 18.7 Å². The number of ketones is 1. The Morgan fingerprint density at radius 1 is 1.58 bits per heavy atom. The zero-order chi connectivity index (χ0) is 13.9. The number of hydrogen-bond donors (Lipinski definition) is 1. The molecule has 6 nitrogen and oxygen atoms in total. The number of Topliss-reactive ketones (excluding diaryl/α,β-unsaturated/α-hetero) is 1. The van der Waals surface area contributed by atoms with E-state index < -0.39 is 5.41 Å². The summed E-state index contributed by atoms with van der Waals surface area (Å²) >= 11 is 0. The third-order valence-electron chi connectivity index (χ3n) is 3.86. The number of methoxy groups -OCH3 is 1. The van der Waals surface area contributed by atoms with Crippen molar-refractivity contribution in [2.24, 2.45) is 11.1 Å². The molecule has 0 aliphatic carbocycles. The Labute approximate surface area is 112 Å². The van der Waals surface area contributed by atoms with Gasteiger partial charge in [0.25, 0.3) is 0 Å². The SMILES string of the molecule is CCn1ncc(OC)c1C(=O)C1(CN)CCOCC1. The van der Waals surface area contributed by atoms with Gasteiger partial charge >= 0.3 is 0 Å². The van der Waals surface area contributed by atoms with E-state index in [-0.39, 0.29) is 5.78 Å². The van der Waals surface area contributed by atoms with Gasteiger partial charge in [-0.3, -0.25) is 9.48 Å². The summed E-state index contributed by atoms with van der Waals surface area (Å²) in [5.74, 6) is 0.542. The molecule has 0 unspecified atom stereocenters. The summed E-state index contributed by atoms with van der Waals surface area (Å²) in [4.78, 5) is 12.9. The summed E-state index contributed by atoms with van der Waals surface area (Å²) in [6.45, 7) is 4.05. The molecule has 106 valence electrons. The van der Waals surface area contributed by atoms with Crippen molar-refractivity contribution in [3.8, 4) is 5.75 Å². The van der Waals surface area contributed by atoms with Gasteiger partial charge in [-0.1, -0.05) is 0 Å². The molecule has 6 heteroatoms. The van der Waals surface area contributed by atoms with Gasteiger partial charge in [0.15, 0.2) is 11.5 Å². The third kappa shape index (κ3) is 2.37. The molecule has 1 saturated heterocycles.